The maximum Gasteiger partial charge on any atom is 0.466 e. The number of hydrogen-bond acceptors (Lipinski definition) is 1. The van der Waals surface area contributed by atoms with Gasteiger partial charge in [-0.15, -0.1) is 0 Å². The van der Waals surface area contributed by atoms with E-state index in [1.807, 2.05) is 0 Å². The Hall–Kier alpha value is 0.573. The van der Waals surface area contributed by atoms with Gasteiger partial charge in [-0.25, -0.2) is 4.57 Å². The fraction of sp³-hybridized carbons (Fsp3) is 0. The van der Waals surface area contributed by atoms with Crippen LogP contribution in [0.3, 0.4) is 0 Å². The molecule has 66 valence electrons. The van der Waals surface area contributed by atoms with Gasteiger partial charge in [-0.2, -0.15) is 0 Å². The van der Waals surface area contributed by atoms with Gasteiger partial charge < -0.3 is 39.3 Å². The molecule has 0 aliphatic rings. The Labute approximate surface area is 71.7 Å². The normalized spacial score (nSPS) is 5.90. The van der Waals surface area contributed by atoms with Crippen LogP contribution in [-0.4, -0.2) is 14.7 Å². The summed E-state index contributed by atoms with van der Waals surface area (Å²) in [5.41, 5.74) is 0. The van der Waals surface area contributed by atoms with Crippen LogP contribution in [0.5, 0.6) is 0 Å². The summed E-state index contributed by atoms with van der Waals surface area (Å²) >= 11 is 0. The topological polar surface area (TPSA) is 212 Å². The van der Waals surface area contributed by atoms with Crippen molar-refractivity contribution in [2.75, 3.05) is 0 Å². The number of hydrogen-bond donors (Lipinski definition) is 3. The molecule has 10 heteroatoms. The average molecular weight is 227 g/mol. The summed E-state index contributed by atoms with van der Waals surface area (Å²) in [6, 6.07) is 0. The molecule has 0 rings (SSSR count). The molecule has 8 nitrogen and oxygen atoms in total. The van der Waals surface area contributed by atoms with Crippen LogP contribution < -0.4 is 0 Å². The third-order valence-electron chi connectivity index (χ3n) is 0. The summed E-state index contributed by atoms with van der Waals surface area (Å²) in [5.74, 6) is 0. The summed E-state index contributed by atoms with van der Waals surface area (Å²) in [4.78, 5) is 21.6. The molecule has 0 radical (unpaired) electrons. The molecule has 0 bridgehead atoms. The Balaban J connectivity index is -0.00000000800. The second-order valence-electron chi connectivity index (χ2n) is 0.513. The minimum absolute atomic E-state index is 0. The van der Waals surface area contributed by atoms with E-state index in [0.717, 1.165) is 0 Å². The quantitative estimate of drug-likeness (QED) is 0.417. The predicted molar refractivity (Wildman–Crippen MR) is 35.4 cm³/mol. The third kappa shape index (κ3) is 1500. The third-order valence-corrected chi connectivity index (χ3v) is 0. The van der Waals surface area contributed by atoms with Gasteiger partial charge in [-0.3, -0.25) is 0 Å². The van der Waals surface area contributed by atoms with Crippen molar-refractivity contribution in [1.29, 1.82) is 0 Å². The maximum absolute atomic E-state index is 8.88. The molecule has 0 aromatic rings. The molecule has 0 amide bonds. The molecule has 0 saturated carbocycles. The van der Waals surface area contributed by atoms with E-state index in [4.69, 9.17) is 19.2 Å². The van der Waals surface area contributed by atoms with Gasteiger partial charge in [0.25, 0.3) is 0 Å². The van der Waals surface area contributed by atoms with E-state index < -0.39 is 7.82 Å². The van der Waals surface area contributed by atoms with Gasteiger partial charge >= 0.3 is 7.82 Å². The Morgan fingerprint density at radius 3 is 0.800 bits per heavy atom. The number of rotatable bonds is 0. The van der Waals surface area contributed by atoms with Crippen LogP contribution in [0.1, 0.15) is 0 Å². The minimum atomic E-state index is -4.64. The summed E-state index contributed by atoms with van der Waals surface area (Å²) < 4.78 is 8.88. The van der Waals surface area contributed by atoms with Crippen LogP contribution in [0.25, 0.3) is 24.6 Å². The van der Waals surface area contributed by atoms with Gasteiger partial charge in [0.15, 0.2) is 0 Å². The van der Waals surface area contributed by atoms with E-state index in [2.05, 4.69) is 0 Å². The van der Waals surface area contributed by atoms with Crippen LogP contribution in [0.4, 0.5) is 0 Å². The molecule has 0 atom stereocenters. The first-order valence-corrected chi connectivity index (χ1v) is 2.35. The zero-order chi connectivity index (χ0) is 4.50. The first-order valence-electron chi connectivity index (χ1n) is 0.783. The molecule has 0 saturated heterocycles. The summed E-state index contributed by atoms with van der Waals surface area (Å²) in [7, 11) is -4.64. The second kappa shape index (κ2) is 16.3. The molecule has 0 aromatic carbocycles. The van der Waals surface area contributed by atoms with Crippen molar-refractivity contribution in [3.05, 3.63) is 24.6 Å². The molecule has 0 aliphatic carbocycles. The van der Waals surface area contributed by atoms with Crippen molar-refractivity contribution in [1.82, 2.24) is 0 Å². The monoisotopic (exact) mass is 226 g/mol. The Morgan fingerprint density at radius 1 is 0.800 bits per heavy atom. The van der Waals surface area contributed by atoms with Gasteiger partial charge in [0, 0.05) is 19.5 Å². The van der Waals surface area contributed by atoms with E-state index >= 15 is 0 Å². The van der Waals surface area contributed by atoms with Crippen molar-refractivity contribution >= 4 is 7.82 Å². The van der Waals surface area contributed by atoms with Crippen molar-refractivity contribution in [3.63, 3.8) is 0 Å². The van der Waals surface area contributed by atoms with Gasteiger partial charge in [-0.1, -0.05) is 0 Å². The second-order valence-corrected chi connectivity index (χ2v) is 1.54. The van der Waals surface area contributed by atoms with Gasteiger partial charge in [-0.05, 0) is 0 Å². The first kappa shape index (κ1) is 46.3. The molecule has 11 N–H and O–H groups in total. The molecule has 0 fully saturated rings. The van der Waals surface area contributed by atoms with Crippen LogP contribution in [0, 0.1) is 0 Å². The fourth-order valence-corrected chi connectivity index (χ4v) is 0. The Bertz CT molecular complexity index is 63.4. The fourth-order valence-electron chi connectivity index (χ4n) is 0. The predicted octanol–water partition coefficient (Wildman–Crippen LogP) is 1.94. The van der Waals surface area contributed by atoms with E-state index in [-0.39, 0.29) is 44.1 Å². The Morgan fingerprint density at radius 2 is 0.800 bits per heavy atom. The molecular weight excluding hydrogens is 216 g/mol. The molecule has 0 spiro atoms. The number of nitrogens with two attached hydrogens (primary N) is 4. The molecule has 0 aliphatic heterocycles. The van der Waals surface area contributed by atoms with Crippen LogP contribution in [-0.2, 0) is 24.0 Å². The van der Waals surface area contributed by atoms with Gasteiger partial charge in [0.2, 0.25) is 0 Å². The largest absolute Gasteiger partial charge is 0.693 e. The van der Waals surface area contributed by atoms with Crippen molar-refractivity contribution in [2.24, 2.45) is 0 Å². The smallest absolute Gasteiger partial charge is 0.466 e. The van der Waals surface area contributed by atoms with Crippen molar-refractivity contribution in [3.8, 4) is 0 Å². The summed E-state index contributed by atoms with van der Waals surface area (Å²) in [5, 5.41) is 0. The Kier molecular flexibility index (Phi) is 75.5. The van der Waals surface area contributed by atoms with E-state index in [1.54, 1.807) is 0 Å². The van der Waals surface area contributed by atoms with Crippen LogP contribution in [0.15, 0.2) is 0 Å². The van der Waals surface area contributed by atoms with E-state index in [9.17, 15) is 0 Å². The number of phosphoric acid groups is 1. The maximum atomic E-state index is 8.88. The first-order chi connectivity index (χ1) is 2.00. The SMILES string of the molecule is O=P(O)(O)O.[NH2-].[NH2-].[NH2-].[NH2-].[Zn]. The summed E-state index contributed by atoms with van der Waals surface area (Å²) in [6.45, 7) is 0. The minimum Gasteiger partial charge on any atom is -0.693 e. The van der Waals surface area contributed by atoms with Crippen molar-refractivity contribution in [2.45, 2.75) is 0 Å². The molecule has 0 unspecified atom stereocenters. The average Bonchev–Trinajstić information content (AvgIpc) is 0.722. The van der Waals surface area contributed by atoms with E-state index in [0.29, 0.717) is 0 Å². The zero-order valence-corrected chi connectivity index (χ0v) is 9.08. The van der Waals surface area contributed by atoms with Crippen LogP contribution >= 0.6 is 7.82 Å². The molecular formula is H11N4O4PZn-4. The molecule has 0 aromatic heterocycles. The van der Waals surface area contributed by atoms with Crippen LogP contribution in [0.2, 0.25) is 0 Å². The zero-order valence-electron chi connectivity index (χ0n) is 5.21. The van der Waals surface area contributed by atoms with Gasteiger partial charge in [0.1, 0.15) is 0 Å². The van der Waals surface area contributed by atoms with Crippen molar-refractivity contribution < 1.29 is 38.7 Å². The van der Waals surface area contributed by atoms with E-state index in [1.165, 1.54) is 0 Å². The summed E-state index contributed by atoms with van der Waals surface area (Å²) in [6.07, 6.45) is 0. The molecule has 10 heavy (non-hydrogen) atoms. The van der Waals surface area contributed by atoms with Gasteiger partial charge in [0.05, 0.1) is 0 Å². The molecule has 0 heterocycles. The standard InChI is InChI=1S/4H2N.H3O4P.Zn/c;;;;1-5(2,3)4;/h4*1H2;(H3,1,2,3,4);/q4*-1;;.